The van der Waals surface area contributed by atoms with Crippen molar-refractivity contribution in [2.45, 2.75) is 136 Å². The van der Waals surface area contributed by atoms with Crippen molar-refractivity contribution in [2.24, 2.45) is 0 Å². The number of hydrogen-bond donors (Lipinski definition) is 1. The van der Waals surface area contributed by atoms with Crippen molar-refractivity contribution in [2.75, 3.05) is 6.61 Å². The van der Waals surface area contributed by atoms with Crippen LogP contribution >= 0.6 is 0 Å². The van der Waals surface area contributed by atoms with Crippen LogP contribution in [0.2, 0.25) is 0 Å². The van der Waals surface area contributed by atoms with Crippen LogP contribution in [0.3, 0.4) is 0 Å². The number of ether oxygens (including phenoxy) is 3. The van der Waals surface area contributed by atoms with Gasteiger partial charge in [-0.3, -0.25) is 19.2 Å². The highest BCUT2D eigenvalue weighted by atomic mass is 16.6. The lowest BCUT2D eigenvalue weighted by atomic mass is 9.98. The number of rotatable bonds is 20. The molecule has 1 amide bonds. The predicted octanol–water partition coefficient (Wildman–Crippen LogP) is 5.01. The topological polar surface area (TPSA) is 108 Å². The van der Waals surface area contributed by atoms with Gasteiger partial charge in [0, 0.05) is 27.7 Å². The van der Waals surface area contributed by atoms with Crippen molar-refractivity contribution in [1.29, 1.82) is 0 Å². The summed E-state index contributed by atoms with van der Waals surface area (Å²) in [5.74, 6) is -1.98. The van der Waals surface area contributed by atoms with Crippen LogP contribution in [0.4, 0.5) is 0 Å². The molecule has 0 aromatic carbocycles. The number of carbonyl (C=O) groups excluding carboxylic acids is 4. The molecule has 0 aliphatic heterocycles. The van der Waals surface area contributed by atoms with Crippen LogP contribution in [0.15, 0.2) is 0 Å². The molecule has 0 unspecified atom stereocenters. The standard InChI is InChI=1S/C26H47NO7/c1-6-7-8-9-10-11-12-13-14-15-16-17-18-25(33-22(4)30)26(34-23(5)31)24(27-20(2)28)19-32-21(3)29/h24-26H,6-19H2,1-5H3,(H,27,28)/t24-,25-,26+/m1/s1. The SMILES string of the molecule is CCCCCCCCCCCCCC[C@@H](OC(C)=O)[C@@H](OC(C)=O)[C@@H](COC(C)=O)NC(C)=O. The molecule has 0 saturated carbocycles. The van der Waals surface area contributed by atoms with Crippen molar-refractivity contribution in [3.63, 3.8) is 0 Å². The lowest BCUT2D eigenvalue weighted by Gasteiger charge is -2.32. The van der Waals surface area contributed by atoms with Gasteiger partial charge in [-0.25, -0.2) is 0 Å². The molecule has 8 nitrogen and oxygen atoms in total. The van der Waals surface area contributed by atoms with E-state index in [0.29, 0.717) is 6.42 Å². The molecule has 0 aliphatic rings. The van der Waals surface area contributed by atoms with E-state index < -0.39 is 36.2 Å². The molecule has 0 spiro atoms. The van der Waals surface area contributed by atoms with Gasteiger partial charge in [0.1, 0.15) is 18.8 Å². The monoisotopic (exact) mass is 485 g/mol. The fourth-order valence-corrected chi connectivity index (χ4v) is 3.99. The molecule has 0 bridgehead atoms. The van der Waals surface area contributed by atoms with E-state index in [2.05, 4.69) is 12.2 Å². The minimum atomic E-state index is -0.961. The molecule has 198 valence electrons. The number of unbranched alkanes of at least 4 members (excludes halogenated alkanes) is 11. The van der Waals surface area contributed by atoms with Gasteiger partial charge in [0.05, 0.1) is 0 Å². The summed E-state index contributed by atoms with van der Waals surface area (Å²) in [4.78, 5) is 46.5. The zero-order valence-electron chi connectivity index (χ0n) is 22.0. The fraction of sp³-hybridized carbons (Fsp3) is 0.846. The van der Waals surface area contributed by atoms with Crippen LogP contribution in [-0.4, -0.2) is 48.7 Å². The first-order valence-electron chi connectivity index (χ1n) is 12.9. The van der Waals surface area contributed by atoms with E-state index in [9.17, 15) is 19.2 Å². The summed E-state index contributed by atoms with van der Waals surface area (Å²) in [5.41, 5.74) is 0. The summed E-state index contributed by atoms with van der Waals surface area (Å²) in [6.07, 6.45) is 13.2. The van der Waals surface area contributed by atoms with Gasteiger partial charge in [-0.1, -0.05) is 77.6 Å². The molecule has 0 aliphatic carbocycles. The van der Waals surface area contributed by atoms with Crippen LogP contribution in [0.1, 0.15) is 118 Å². The molecule has 34 heavy (non-hydrogen) atoms. The van der Waals surface area contributed by atoms with E-state index in [1.165, 1.54) is 85.5 Å². The van der Waals surface area contributed by atoms with Gasteiger partial charge in [-0.05, 0) is 12.8 Å². The largest absolute Gasteiger partial charge is 0.464 e. The quantitative estimate of drug-likeness (QED) is 0.147. The minimum absolute atomic E-state index is 0.191. The van der Waals surface area contributed by atoms with Crippen LogP contribution < -0.4 is 5.32 Å². The van der Waals surface area contributed by atoms with E-state index >= 15 is 0 Å². The molecule has 3 atom stereocenters. The number of nitrogens with one attached hydrogen (secondary N) is 1. The van der Waals surface area contributed by atoms with Gasteiger partial charge in [0.25, 0.3) is 0 Å². The fourth-order valence-electron chi connectivity index (χ4n) is 3.99. The molecule has 1 N–H and O–H groups in total. The molecule has 0 radical (unpaired) electrons. The lowest BCUT2D eigenvalue weighted by molar-refractivity contribution is -0.171. The number of hydrogen-bond acceptors (Lipinski definition) is 7. The van der Waals surface area contributed by atoms with E-state index in [-0.39, 0.29) is 12.5 Å². The molecule has 0 rings (SSSR count). The first kappa shape index (κ1) is 31.9. The van der Waals surface area contributed by atoms with Crippen LogP contribution in [0.25, 0.3) is 0 Å². The second-order valence-corrected chi connectivity index (χ2v) is 9.01. The Labute approximate surface area is 205 Å². The van der Waals surface area contributed by atoms with Crippen LogP contribution in [0.5, 0.6) is 0 Å². The molecule has 8 heteroatoms. The van der Waals surface area contributed by atoms with E-state index in [1.807, 2.05) is 0 Å². The third-order valence-electron chi connectivity index (χ3n) is 5.58. The summed E-state index contributed by atoms with van der Waals surface area (Å²) < 4.78 is 16.0. The van der Waals surface area contributed by atoms with E-state index in [4.69, 9.17) is 14.2 Å². The summed E-state index contributed by atoms with van der Waals surface area (Å²) in [5, 5.41) is 2.66. The van der Waals surface area contributed by atoms with Crippen molar-refractivity contribution in [3.05, 3.63) is 0 Å². The first-order chi connectivity index (χ1) is 16.2. The first-order valence-corrected chi connectivity index (χ1v) is 12.9. The van der Waals surface area contributed by atoms with Crippen molar-refractivity contribution >= 4 is 23.8 Å². The van der Waals surface area contributed by atoms with Crippen molar-refractivity contribution in [3.8, 4) is 0 Å². The Kier molecular flexibility index (Phi) is 19.0. The van der Waals surface area contributed by atoms with Gasteiger partial charge in [-0.15, -0.1) is 0 Å². The molecule has 0 fully saturated rings. The Morgan fingerprint density at radius 2 is 1.12 bits per heavy atom. The summed E-state index contributed by atoms with van der Waals surface area (Å²) in [6, 6.07) is -0.827. The number of esters is 3. The molecule has 0 saturated heterocycles. The maximum Gasteiger partial charge on any atom is 0.303 e. The highest BCUT2D eigenvalue weighted by Gasteiger charge is 2.35. The second-order valence-electron chi connectivity index (χ2n) is 9.01. The highest BCUT2D eigenvalue weighted by Crippen LogP contribution is 2.19. The van der Waals surface area contributed by atoms with Crippen molar-refractivity contribution in [1.82, 2.24) is 5.32 Å². The van der Waals surface area contributed by atoms with Crippen LogP contribution in [0, 0.1) is 0 Å². The Morgan fingerprint density at radius 1 is 0.647 bits per heavy atom. The second kappa shape index (κ2) is 20.3. The smallest absolute Gasteiger partial charge is 0.303 e. The predicted molar refractivity (Wildman–Crippen MR) is 131 cm³/mol. The lowest BCUT2D eigenvalue weighted by Crippen LogP contribution is -2.53. The zero-order valence-corrected chi connectivity index (χ0v) is 22.0. The van der Waals surface area contributed by atoms with Gasteiger partial charge >= 0.3 is 17.9 Å². The van der Waals surface area contributed by atoms with Gasteiger partial charge in [0.2, 0.25) is 5.91 Å². The normalized spacial score (nSPS) is 13.4. The third kappa shape index (κ3) is 18.3. The Morgan fingerprint density at radius 3 is 1.53 bits per heavy atom. The van der Waals surface area contributed by atoms with Gasteiger partial charge in [-0.2, -0.15) is 0 Å². The zero-order chi connectivity index (χ0) is 25.8. The summed E-state index contributed by atoms with van der Waals surface area (Å²) in [7, 11) is 0. The molecular weight excluding hydrogens is 438 g/mol. The number of amides is 1. The third-order valence-corrected chi connectivity index (χ3v) is 5.58. The molecule has 0 heterocycles. The number of carbonyl (C=O) groups is 4. The maximum atomic E-state index is 11.8. The summed E-state index contributed by atoms with van der Waals surface area (Å²) >= 11 is 0. The highest BCUT2D eigenvalue weighted by molar-refractivity contribution is 5.73. The molecule has 0 aromatic heterocycles. The average Bonchev–Trinajstić information content (AvgIpc) is 2.74. The van der Waals surface area contributed by atoms with Crippen LogP contribution in [-0.2, 0) is 33.4 Å². The van der Waals surface area contributed by atoms with Gasteiger partial charge in [0.15, 0.2) is 6.10 Å². The minimum Gasteiger partial charge on any atom is -0.464 e. The van der Waals surface area contributed by atoms with E-state index in [1.54, 1.807) is 0 Å². The van der Waals surface area contributed by atoms with Gasteiger partial charge < -0.3 is 19.5 Å². The van der Waals surface area contributed by atoms with Crippen molar-refractivity contribution < 1.29 is 33.4 Å². The Balaban J connectivity index is 4.72. The maximum absolute atomic E-state index is 11.8. The Bertz CT molecular complexity index is 594. The Hall–Kier alpha value is -2.12. The molecule has 0 aromatic rings. The average molecular weight is 486 g/mol. The van der Waals surface area contributed by atoms with E-state index in [0.717, 1.165) is 19.3 Å². The molecular formula is C26H47NO7. The summed E-state index contributed by atoms with van der Waals surface area (Å²) in [6.45, 7) is 7.15.